The number of aromatic nitrogens is 1. The molecule has 7 heteroatoms. The summed E-state index contributed by atoms with van der Waals surface area (Å²) in [7, 11) is 0. The molecule has 0 spiro atoms. The third-order valence-corrected chi connectivity index (χ3v) is 4.27. The first kappa shape index (κ1) is 18.8. The minimum atomic E-state index is -0.139. The first-order valence-electron chi connectivity index (χ1n) is 8.38. The summed E-state index contributed by atoms with van der Waals surface area (Å²) in [5.74, 6) is 0.918. The Morgan fingerprint density at radius 2 is 1.63 bits per heavy atom. The number of carbonyl (C=O) groups excluding carboxylic acids is 2. The Kier molecular flexibility index (Phi) is 6.03. The van der Waals surface area contributed by atoms with Crippen LogP contribution < -0.4 is 10.6 Å². The maximum atomic E-state index is 12.1. The van der Waals surface area contributed by atoms with Gasteiger partial charge >= 0.3 is 0 Å². The summed E-state index contributed by atoms with van der Waals surface area (Å²) in [4.78, 5) is 27.3. The van der Waals surface area contributed by atoms with Crippen LogP contribution in [0.1, 0.15) is 19.2 Å². The number of nitrogens with one attached hydrogen (secondary N) is 2. The van der Waals surface area contributed by atoms with Crippen LogP contribution in [0.3, 0.4) is 0 Å². The molecule has 0 saturated heterocycles. The predicted molar refractivity (Wildman–Crippen MR) is 107 cm³/mol. The number of anilines is 2. The molecule has 1 heterocycles. The van der Waals surface area contributed by atoms with Crippen molar-refractivity contribution in [2.45, 2.75) is 19.8 Å². The Hall–Kier alpha value is -2.93. The van der Waals surface area contributed by atoms with Gasteiger partial charge < -0.3 is 15.1 Å². The van der Waals surface area contributed by atoms with Crippen molar-refractivity contribution < 1.29 is 14.0 Å². The van der Waals surface area contributed by atoms with Crippen LogP contribution in [0.4, 0.5) is 11.4 Å². The van der Waals surface area contributed by atoms with Crippen molar-refractivity contribution in [2.24, 2.45) is 0 Å². The van der Waals surface area contributed by atoms with Gasteiger partial charge in [0.15, 0.2) is 11.7 Å². The highest BCUT2D eigenvalue weighted by molar-refractivity contribution is 9.10. The molecule has 1 aromatic heterocycles. The average molecular weight is 428 g/mol. The Morgan fingerprint density at radius 3 is 2.26 bits per heavy atom. The first-order chi connectivity index (χ1) is 13.0. The fourth-order valence-corrected chi connectivity index (χ4v) is 2.72. The molecule has 0 radical (unpaired) electrons. The van der Waals surface area contributed by atoms with E-state index in [1.807, 2.05) is 24.3 Å². The van der Waals surface area contributed by atoms with Gasteiger partial charge in [-0.05, 0) is 36.4 Å². The molecule has 0 saturated carbocycles. The number of hydrogen-bond acceptors (Lipinski definition) is 4. The van der Waals surface area contributed by atoms with E-state index in [1.165, 1.54) is 6.92 Å². The highest BCUT2D eigenvalue weighted by atomic mass is 79.9. The summed E-state index contributed by atoms with van der Waals surface area (Å²) >= 11 is 3.40. The van der Waals surface area contributed by atoms with E-state index in [9.17, 15) is 9.59 Å². The molecule has 0 bridgehead atoms. The average Bonchev–Trinajstić information content (AvgIpc) is 3.11. The lowest BCUT2D eigenvalue weighted by Crippen LogP contribution is -2.12. The Bertz CT molecular complexity index is 934. The maximum absolute atomic E-state index is 12.1. The van der Waals surface area contributed by atoms with Gasteiger partial charge in [0.2, 0.25) is 11.8 Å². The third kappa shape index (κ3) is 5.52. The number of benzene rings is 2. The lowest BCUT2D eigenvalue weighted by molar-refractivity contribution is -0.116. The van der Waals surface area contributed by atoms with Gasteiger partial charge in [0.1, 0.15) is 0 Å². The van der Waals surface area contributed by atoms with Crippen LogP contribution in [0.5, 0.6) is 0 Å². The van der Waals surface area contributed by atoms with Crippen LogP contribution >= 0.6 is 15.9 Å². The summed E-state index contributed by atoms with van der Waals surface area (Å²) in [5, 5.41) is 5.49. The lowest BCUT2D eigenvalue weighted by Gasteiger charge is -2.06. The summed E-state index contributed by atoms with van der Waals surface area (Å²) in [5.41, 5.74) is 2.28. The molecule has 2 aromatic carbocycles. The zero-order valence-corrected chi connectivity index (χ0v) is 16.2. The van der Waals surface area contributed by atoms with Crippen LogP contribution in [-0.4, -0.2) is 16.8 Å². The molecule has 0 aliphatic heterocycles. The van der Waals surface area contributed by atoms with Crippen LogP contribution in [0.15, 0.2) is 63.6 Å². The molecular formula is C20H18BrN3O3. The number of halogens is 1. The molecule has 0 aliphatic carbocycles. The molecule has 0 fully saturated rings. The van der Waals surface area contributed by atoms with Crippen LogP contribution in [-0.2, 0) is 16.0 Å². The highest BCUT2D eigenvalue weighted by Gasteiger charge is 2.09. The molecule has 138 valence electrons. The monoisotopic (exact) mass is 427 g/mol. The first-order valence-corrected chi connectivity index (χ1v) is 9.17. The second kappa shape index (κ2) is 8.64. The van der Waals surface area contributed by atoms with Crippen molar-refractivity contribution >= 4 is 39.1 Å². The Balaban J connectivity index is 1.52. The van der Waals surface area contributed by atoms with Crippen molar-refractivity contribution in [1.29, 1.82) is 0 Å². The van der Waals surface area contributed by atoms with E-state index in [0.717, 1.165) is 10.0 Å². The molecule has 3 rings (SSSR count). The van der Waals surface area contributed by atoms with E-state index in [1.54, 1.807) is 30.5 Å². The van der Waals surface area contributed by atoms with E-state index in [2.05, 4.69) is 31.5 Å². The number of aryl methyl sites for hydroxylation is 1. The number of oxazole rings is 1. The number of hydrogen-bond donors (Lipinski definition) is 2. The molecule has 0 unspecified atom stereocenters. The molecular weight excluding hydrogens is 410 g/mol. The molecule has 2 N–H and O–H groups in total. The van der Waals surface area contributed by atoms with Gasteiger partial charge in [-0.1, -0.05) is 28.1 Å². The number of rotatable bonds is 6. The van der Waals surface area contributed by atoms with Crippen molar-refractivity contribution in [3.8, 4) is 11.3 Å². The standard InChI is InChI=1S/C20H18BrN3O3/c1-13(25)23-16-6-8-17(9-7-16)24-19(26)10-11-20-22-12-18(27-20)14-2-4-15(21)5-3-14/h2-9,12H,10-11H2,1H3,(H,23,25)(H,24,26). The third-order valence-electron chi connectivity index (χ3n) is 3.74. The zero-order chi connectivity index (χ0) is 19.2. The van der Waals surface area contributed by atoms with Gasteiger partial charge in [-0.25, -0.2) is 4.98 Å². The highest BCUT2D eigenvalue weighted by Crippen LogP contribution is 2.23. The van der Waals surface area contributed by atoms with Crippen molar-refractivity contribution in [2.75, 3.05) is 10.6 Å². The molecule has 0 aliphatic rings. The fraction of sp³-hybridized carbons (Fsp3) is 0.150. The van der Waals surface area contributed by atoms with Gasteiger partial charge in [0.05, 0.1) is 6.20 Å². The topological polar surface area (TPSA) is 84.2 Å². The van der Waals surface area contributed by atoms with Gasteiger partial charge in [-0.15, -0.1) is 0 Å². The Morgan fingerprint density at radius 1 is 1.00 bits per heavy atom. The van der Waals surface area contributed by atoms with Crippen LogP contribution in [0.25, 0.3) is 11.3 Å². The summed E-state index contributed by atoms with van der Waals surface area (Å²) in [6.07, 6.45) is 2.33. The van der Waals surface area contributed by atoms with Crippen LogP contribution in [0, 0.1) is 0 Å². The molecule has 2 amide bonds. The lowest BCUT2D eigenvalue weighted by atomic mass is 10.2. The second-order valence-electron chi connectivity index (χ2n) is 5.93. The number of carbonyl (C=O) groups is 2. The SMILES string of the molecule is CC(=O)Nc1ccc(NC(=O)CCc2ncc(-c3ccc(Br)cc3)o2)cc1. The van der Waals surface area contributed by atoms with Crippen molar-refractivity contribution in [3.05, 3.63) is 65.1 Å². The fourth-order valence-electron chi connectivity index (χ4n) is 2.46. The van der Waals surface area contributed by atoms with E-state index >= 15 is 0 Å². The van der Waals surface area contributed by atoms with E-state index in [4.69, 9.17) is 4.42 Å². The smallest absolute Gasteiger partial charge is 0.224 e. The molecule has 0 atom stereocenters. The second-order valence-corrected chi connectivity index (χ2v) is 6.85. The van der Waals surface area contributed by atoms with Gasteiger partial charge in [-0.3, -0.25) is 9.59 Å². The minimum Gasteiger partial charge on any atom is -0.441 e. The maximum Gasteiger partial charge on any atom is 0.224 e. The van der Waals surface area contributed by atoms with Crippen molar-refractivity contribution in [3.63, 3.8) is 0 Å². The summed E-state index contributed by atoms with van der Waals surface area (Å²) in [6, 6.07) is 14.7. The Labute approximate surface area is 165 Å². The molecule has 27 heavy (non-hydrogen) atoms. The van der Waals surface area contributed by atoms with Gasteiger partial charge in [0.25, 0.3) is 0 Å². The van der Waals surface area contributed by atoms with Gasteiger partial charge in [0, 0.05) is 41.2 Å². The number of amides is 2. The van der Waals surface area contributed by atoms with E-state index < -0.39 is 0 Å². The van der Waals surface area contributed by atoms with Crippen molar-refractivity contribution in [1.82, 2.24) is 4.98 Å². The van der Waals surface area contributed by atoms with E-state index in [-0.39, 0.29) is 18.2 Å². The normalized spacial score (nSPS) is 10.4. The zero-order valence-electron chi connectivity index (χ0n) is 14.7. The summed E-state index contributed by atoms with van der Waals surface area (Å²) in [6.45, 7) is 1.44. The molecule has 6 nitrogen and oxygen atoms in total. The van der Waals surface area contributed by atoms with Gasteiger partial charge in [-0.2, -0.15) is 0 Å². The largest absolute Gasteiger partial charge is 0.441 e. The quantitative estimate of drug-likeness (QED) is 0.600. The minimum absolute atomic E-state index is 0.134. The van der Waals surface area contributed by atoms with E-state index in [0.29, 0.717) is 29.4 Å². The van der Waals surface area contributed by atoms with Crippen LogP contribution in [0.2, 0.25) is 0 Å². The summed E-state index contributed by atoms with van der Waals surface area (Å²) < 4.78 is 6.71. The number of nitrogens with zero attached hydrogens (tertiary/aromatic N) is 1. The predicted octanol–water partition coefficient (Wildman–Crippen LogP) is 4.63. The molecule has 3 aromatic rings.